The molecule has 0 aliphatic carbocycles. The van der Waals surface area contributed by atoms with Crippen molar-refractivity contribution in [2.75, 3.05) is 5.75 Å². The number of carbonyl (C=O) groups is 2. The Hall–Kier alpha value is -1.49. The maximum absolute atomic E-state index is 12.0. The lowest BCUT2D eigenvalue weighted by Gasteiger charge is -2.23. The van der Waals surface area contributed by atoms with Gasteiger partial charge in [-0.2, -0.15) is 0 Å². The molecular formula is C19H30N2O2S. The molecule has 0 saturated carbocycles. The predicted octanol–water partition coefficient (Wildman–Crippen LogP) is 3.50. The summed E-state index contributed by atoms with van der Waals surface area (Å²) in [7, 11) is 0. The predicted molar refractivity (Wildman–Crippen MR) is 101 cm³/mol. The van der Waals surface area contributed by atoms with Crippen LogP contribution >= 0.6 is 11.8 Å². The van der Waals surface area contributed by atoms with Gasteiger partial charge in [0.1, 0.15) is 6.04 Å². The average Bonchev–Trinajstić information content (AvgIpc) is 2.42. The molecule has 1 unspecified atom stereocenters. The van der Waals surface area contributed by atoms with E-state index in [0.717, 1.165) is 4.90 Å². The smallest absolute Gasteiger partial charge is 0.242 e. The second-order valence-corrected chi connectivity index (χ2v) is 9.14. The third kappa shape index (κ3) is 7.39. The van der Waals surface area contributed by atoms with Crippen molar-refractivity contribution in [2.24, 2.45) is 0 Å². The second-order valence-electron chi connectivity index (χ2n) is 8.09. The van der Waals surface area contributed by atoms with Gasteiger partial charge in [-0.25, -0.2) is 0 Å². The maximum atomic E-state index is 12.0. The molecule has 0 bridgehead atoms. The molecule has 1 aromatic carbocycles. The van der Waals surface area contributed by atoms with Gasteiger partial charge in [0, 0.05) is 10.4 Å². The van der Waals surface area contributed by atoms with Gasteiger partial charge in [-0.3, -0.25) is 9.59 Å². The van der Waals surface area contributed by atoms with E-state index in [1.807, 2.05) is 32.9 Å². The highest BCUT2D eigenvalue weighted by atomic mass is 32.2. The third-order valence-corrected chi connectivity index (χ3v) is 4.37. The number of nitrogens with one attached hydrogen (secondary N) is 2. The summed E-state index contributed by atoms with van der Waals surface area (Å²) in [6.45, 7) is 14.0. The lowest BCUT2D eigenvalue weighted by Crippen LogP contribution is -2.51. The zero-order valence-electron chi connectivity index (χ0n) is 15.8. The molecule has 0 aliphatic rings. The molecule has 134 valence electrons. The Bertz CT molecular complexity index is 569. The van der Waals surface area contributed by atoms with E-state index in [-0.39, 0.29) is 22.8 Å². The highest BCUT2D eigenvalue weighted by molar-refractivity contribution is 8.00. The van der Waals surface area contributed by atoms with Gasteiger partial charge in [0.25, 0.3) is 0 Å². The molecule has 0 fully saturated rings. The number of hydrogen-bond donors (Lipinski definition) is 2. The Morgan fingerprint density at radius 3 is 2.04 bits per heavy atom. The fraction of sp³-hybridized carbons (Fsp3) is 0.579. The first-order chi connectivity index (χ1) is 10.9. The van der Waals surface area contributed by atoms with Crippen LogP contribution in [-0.2, 0) is 15.0 Å². The summed E-state index contributed by atoms with van der Waals surface area (Å²) in [5.41, 5.74) is 1.08. The summed E-state index contributed by atoms with van der Waals surface area (Å²) < 4.78 is 0. The topological polar surface area (TPSA) is 58.2 Å². The zero-order valence-corrected chi connectivity index (χ0v) is 16.6. The minimum Gasteiger partial charge on any atom is -0.350 e. The van der Waals surface area contributed by atoms with Crippen molar-refractivity contribution in [3.05, 3.63) is 29.8 Å². The Balaban J connectivity index is 2.47. The number of amides is 2. The summed E-state index contributed by atoms with van der Waals surface area (Å²) in [4.78, 5) is 25.0. The van der Waals surface area contributed by atoms with Gasteiger partial charge in [-0.1, -0.05) is 32.9 Å². The molecule has 2 N–H and O–H groups in total. The summed E-state index contributed by atoms with van der Waals surface area (Å²) in [5, 5.41) is 5.59. The molecule has 1 aromatic rings. The molecule has 0 spiro atoms. The standard InChI is InChI=1S/C19H30N2O2S/c1-13(17(23)21-19(5,6)7)20-16(22)12-24-15-10-8-14(9-11-15)18(2,3)4/h8-11,13H,12H2,1-7H3,(H,20,22)(H,21,23). The van der Waals surface area contributed by atoms with Gasteiger partial charge in [0.05, 0.1) is 5.75 Å². The first-order valence-electron chi connectivity index (χ1n) is 8.23. The van der Waals surface area contributed by atoms with Gasteiger partial charge < -0.3 is 10.6 Å². The van der Waals surface area contributed by atoms with Crippen molar-refractivity contribution in [3.63, 3.8) is 0 Å². The minimum atomic E-state index is -0.541. The van der Waals surface area contributed by atoms with Crippen LogP contribution in [0.2, 0.25) is 0 Å². The summed E-state index contributed by atoms with van der Waals surface area (Å²) in [5.74, 6) is -0.0195. The van der Waals surface area contributed by atoms with Gasteiger partial charge in [-0.05, 0) is 50.8 Å². The fourth-order valence-corrected chi connectivity index (χ4v) is 2.74. The van der Waals surface area contributed by atoms with Gasteiger partial charge in [0.15, 0.2) is 0 Å². The van der Waals surface area contributed by atoms with E-state index in [1.54, 1.807) is 6.92 Å². The van der Waals surface area contributed by atoms with Gasteiger partial charge >= 0.3 is 0 Å². The Morgan fingerprint density at radius 2 is 1.58 bits per heavy atom. The van der Waals surface area contributed by atoms with Crippen LogP contribution in [0.25, 0.3) is 0 Å². The van der Waals surface area contributed by atoms with E-state index in [0.29, 0.717) is 5.75 Å². The van der Waals surface area contributed by atoms with Crippen LogP contribution in [0.15, 0.2) is 29.2 Å². The summed E-state index contributed by atoms with van der Waals surface area (Å²) >= 11 is 1.47. The highest BCUT2D eigenvalue weighted by Gasteiger charge is 2.20. The van der Waals surface area contributed by atoms with Crippen LogP contribution in [-0.4, -0.2) is 29.1 Å². The number of rotatable bonds is 5. The molecule has 5 heteroatoms. The largest absolute Gasteiger partial charge is 0.350 e. The molecule has 1 atom stereocenters. The van der Waals surface area contributed by atoms with Crippen LogP contribution in [0.1, 0.15) is 54.0 Å². The molecule has 0 aromatic heterocycles. The van der Waals surface area contributed by atoms with Gasteiger partial charge in [0.2, 0.25) is 11.8 Å². The first kappa shape index (κ1) is 20.6. The quantitative estimate of drug-likeness (QED) is 0.799. The normalized spacial score (nSPS) is 13.3. The Labute approximate surface area is 150 Å². The van der Waals surface area contributed by atoms with Crippen molar-refractivity contribution in [3.8, 4) is 0 Å². The highest BCUT2D eigenvalue weighted by Crippen LogP contribution is 2.25. The summed E-state index contributed by atoms with van der Waals surface area (Å²) in [6.07, 6.45) is 0. The lowest BCUT2D eigenvalue weighted by molar-refractivity contribution is -0.128. The number of hydrogen-bond acceptors (Lipinski definition) is 3. The summed E-state index contributed by atoms with van der Waals surface area (Å²) in [6, 6.07) is 7.72. The van der Waals surface area contributed by atoms with Gasteiger partial charge in [-0.15, -0.1) is 11.8 Å². The molecule has 0 radical (unpaired) electrons. The van der Waals surface area contributed by atoms with E-state index < -0.39 is 6.04 Å². The lowest BCUT2D eigenvalue weighted by atomic mass is 9.87. The van der Waals surface area contributed by atoms with Crippen LogP contribution in [0.4, 0.5) is 0 Å². The molecule has 4 nitrogen and oxygen atoms in total. The number of thioether (sulfide) groups is 1. The number of carbonyl (C=O) groups excluding carboxylic acids is 2. The fourth-order valence-electron chi connectivity index (χ4n) is 2.03. The average molecular weight is 351 g/mol. The molecule has 0 aliphatic heterocycles. The first-order valence-corrected chi connectivity index (χ1v) is 9.22. The monoisotopic (exact) mass is 350 g/mol. The molecular weight excluding hydrogens is 320 g/mol. The number of benzene rings is 1. The van der Waals surface area contributed by atoms with Crippen LogP contribution in [0, 0.1) is 0 Å². The molecule has 1 rings (SSSR count). The zero-order chi connectivity index (χ0) is 18.5. The maximum Gasteiger partial charge on any atom is 0.242 e. The van der Waals surface area contributed by atoms with Crippen LogP contribution in [0.5, 0.6) is 0 Å². The Kier molecular flexibility index (Phi) is 6.90. The molecule has 0 saturated heterocycles. The van der Waals surface area contributed by atoms with E-state index in [4.69, 9.17) is 0 Å². The second kappa shape index (κ2) is 8.06. The molecule has 24 heavy (non-hydrogen) atoms. The minimum absolute atomic E-state index is 0.121. The van der Waals surface area contributed by atoms with E-state index >= 15 is 0 Å². The Morgan fingerprint density at radius 1 is 1.04 bits per heavy atom. The van der Waals surface area contributed by atoms with Crippen LogP contribution < -0.4 is 10.6 Å². The van der Waals surface area contributed by atoms with Crippen molar-refractivity contribution in [1.82, 2.24) is 10.6 Å². The van der Waals surface area contributed by atoms with Crippen molar-refractivity contribution >= 4 is 23.6 Å². The van der Waals surface area contributed by atoms with E-state index in [2.05, 4.69) is 43.5 Å². The molecule has 0 heterocycles. The van der Waals surface area contributed by atoms with E-state index in [9.17, 15) is 9.59 Å². The van der Waals surface area contributed by atoms with Crippen molar-refractivity contribution in [2.45, 2.75) is 70.4 Å². The van der Waals surface area contributed by atoms with E-state index in [1.165, 1.54) is 17.3 Å². The van der Waals surface area contributed by atoms with Crippen LogP contribution in [0.3, 0.4) is 0 Å². The molecule has 2 amide bonds. The van der Waals surface area contributed by atoms with Crippen molar-refractivity contribution in [1.29, 1.82) is 0 Å². The van der Waals surface area contributed by atoms with Crippen molar-refractivity contribution < 1.29 is 9.59 Å². The SMILES string of the molecule is CC(NC(=O)CSc1ccc(C(C)(C)C)cc1)C(=O)NC(C)(C)C. The third-order valence-electron chi connectivity index (χ3n) is 3.36.